The van der Waals surface area contributed by atoms with Crippen molar-refractivity contribution in [1.82, 2.24) is 0 Å². The van der Waals surface area contributed by atoms with Gasteiger partial charge in [0.25, 0.3) is 0 Å². The fraction of sp³-hybridized carbons (Fsp3) is 0.0909. The summed E-state index contributed by atoms with van der Waals surface area (Å²) in [6, 6.07) is 7.36. The molecule has 14 heavy (non-hydrogen) atoms. The first-order chi connectivity index (χ1) is 6.66. The van der Waals surface area contributed by atoms with Crippen LogP contribution in [-0.4, -0.2) is 0 Å². The highest BCUT2D eigenvalue weighted by Gasteiger charge is 2.05. The molecule has 0 spiro atoms. The maximum atomic E-state index is 5.83. The molecule has 0 aliphatic carbocycles. The standard InChI is InChI=1S/C11H12N2O/c1-7-4-8(6-14-7)10-5-9(12)2-3-11(10)13/h2-6H,12-13H2,1H3. The molecule has 0 saturated heterocycles. The molecule has 1 heterocycles. The molecule has 2 aromatic rings. The quantitative estimate of drug-likeness (QED) is 0.675. The van der Waals surface area contributed by atoms with Crippen LogP contribution in [0.5, 0.6) is 0 Å². The first-order valence-corrected chi connectivity index (χ1v) is 4.37. The molecular weight excluding hydrogens is 176 g/mol. The van der Waals surface area contributed by atoms with E-state index in [1.54, 1.807) is 18.4 Å². The van der Waals surface area contributed by atoms with E-state index in [1.807, 2.05) is 19.1 Å². The van der Waals surface area contributed by atoms with E-state index < -0.39 is 0 Å². The van der Waals surface area contributed by atoms with Crippen LogP contribution in [0.4, 0.5) is 11.4 Å². The number of rotatable bonds is 1. The summed E-state index contributed by atoms with van der Waals surface area (Å²) < 4.78 is 5.22. The fourth-order valence-electron chi connectivity index (χ4n) is 1.41. The molecule has 0 aliphatic rings. The van der Waals surface area contributed by atoms with Crippen LogP contribution in [0, 0.1) is 6.92 Å². The van der Waals surface area contributed by atoms with E-state index in [0.717, 1.165) is 16.9 Å². The van der Waals surface area contributed by atoms with E-state index in [1.165, 1.54) is 0 Å². The second kappa shape index (κ2) is 3.10. The predicted molar refractivity (Wildman–Crippen MR) is 57.7 cm³/mol. The number of hydrogen-bond acceptors (Lipinski definition) is 3. The van der Waals surface area contributed by atoms with Gasteiger partial charge < -0.3 is 15.9 Å². The van der Waals surface area contributed by atoms with Gasteiger partial charge in [-0.15, -0.1) is 0 Å². The summed E-state index contributed by atoms with van der Waals surface area (Å²) in [4.78, 5) is 0. The minimum atomic E-state index is 0.702. The van der Waals surface area contributed by atoms with Gasteiger partial charge in [-0.1, -0.05) is 0 Å². The Bertz CT molecular complexity index is 460. The summed E-state index contributed by atoms with van der Waals surface area (Å²) in [5, 5.41) is 0. The Kier molecular flexibility index (Phi) is 1.93. The van der Waals surface area contributed by atoms with Gasteiger partial charge >= 0.3 is 0 Å². The fourth-order valence-corrected chi connectivity index (χ4v) is 1.41. The normalized spacial score (nSPS) is 10.4. The molecule has 1 aromatic heterocycles. The summed E-state index contributed by atoms with van der Waals surface area (Å²) in [5.74, 6) is 0.863. The lowest BCUT2D eigenvalue weighted by Crippen LogP contribution is -1.91. The number of anilines is 2. The van der Waals surface area contributed by atoms with Crippen LogP contribution in [0.25, 0.3) is 11.1 Å². The van der Waals surface area contributed by atoms with Gasteiger partial charge in [0.1, 0.15) is 5.76 Å². The maximum absolute atomic E-state index is 5.83. The van der Waals surface area contributed by atoms with Crippen molar-refractivity contribution in [2.24, 2.45) is 0 Å². The number of nitrogen functional groups attached to an aromatic ring is 2. The zero-order valence-electron chi connectivity index (χ0n) is 7.95. The Morgan fingerprint density at radius 1 is 1.14 bits per heavy atom. The van der Waals surface area contributed by atoms with Gasteiger partial charge in [-0.05, 0) is 31.2 Å². The molecule has 3 nitrogen and oxygen atoms in total. The molecule has 0 fully saturated rings. The average molecular weight is 188 g/mol. The molecule has 0 aliphatic heterocycles. The zero-order valence-corrected chi connectivity index (χ0v) is 7.95. The van der Waals surface area contributed by atoms with E-state index in [2.05, 4.69) is 0 Å². The van der Waals surface area contributed by atoms with Crippen LogP contribution in [0.2, 0.25) is 0 Å². The van der Waals surface area contributed by atoms with Crippen molar-refractivity contribution < 1.29 is 4.42 Å². The van der Waals surface area contributed by atoms with Gasteiger partial charge in [-0.2, -0.15) is 0 Å². The summed E-state index contributed by atoms with van der Waals surface area (Å²) in [5.41, 5.74) is 14.8. The van der Waals surface area contributed by atoms with Gasteiger partial charge in [0.05, 0.1) is 6.26 Å². The lowest BCUT2D eigenvalue weighted by atomic mass is 10.1. The Morgan fingerprint density at radius 2 is 1.93 bits per heavy atom. The van der Waals surface area contributed by atoms with Crippen LogP contribution < -0.4 is 11.5 Å². The van der Waals surface area contributed by atoms with E-state index in [9.17, 15) is 0 Å². The predicted octanol–water partition coefficient (Wildman–Crippen LogP) is 2.42. The minimum absolute atomic E-state index is 0.702. The van der Waals surface area contributed by atoms with Crippen molar-refractivity contribution in [3.05, 3.63) is 36.3 Å². The van der Waals surface area contributed by atoms with Crippen molar-refractivity contribution in [3.63, 3.8) is 0 Å². The smallest absolute Gasteiger partial charge is 0.101 e. The Labute approximate surface area is 82.3 Å². The second-order valence-corrected chi connectivity index (χ2v) is 3.29. The van der Waals surface area contributed by atoms with Crippen LogP contribution in [-0.2, 0) is 0 Å². The molecule has 0 unspecified atom stereocenters. The van der Waals surface area contributed by atoms with Crippen molar-refractivity contribution in [2.75, 3.05) is 11.5 Å². The molecule has 0 bridgehead atoms. The van der Waals surface area contributed by atoms with Crippen LogP contribution in [0.1, 0.15) is 5.76 Å². The summed E-state index contributed by atoms with van der Waals surface area (Å²) in [7, 11) is 0. The van der Waals surface area contributed by atoms with Crippen LogP contribution in [0.3, 0.4) is 0 Å². The molecule has 4 N–H and O–H groups in total. The lowest BCUT2D eigenvalue weighted by molar-refractivity contribution is 0.535. The molecule has 2 rings (SSSR count). The summed E-state index contributed by atoms with van der Waals surface area (Å²) in [6.07, 6.45) is 1.68. The third kappa shape index (κ3) is 1.44. The number of nitrogens with two attached hydrogens (primary N) is 2. The molecule has 0 saturated carbocycles. The van der Waals surface area contributed by atoms with Crippen molar-refractivity contribution >= 4 is 11.4 Å². The SMILES string of the molecule is Cc1cc(-c2cc(N)ccc2N)co1. The second-order valence-electron chi connectivity index (χ2n) is 3.29. The number of furan rings is 1. The Morgan fingerprint density at radius 3 is 2.57 bits per heavy atom. The third-order valence-corrected chi connectivity index (χ3v) is 2.12. The van der Waals surface area contributed by atoms with Crippen molar-refractivity contribution in [2.45, 2.75) is 6.92 Å². The van der Waals surface area contributed by atoms with Crippen molar-refractivity contribution in [1.29, 1.82) is 0 Å². The largest absolute Gasteiger partial charge is 0.469 e. The van der Waals surface area contributed by atoms with E-state index >= 15 is 0 Å². The Balaban J connectivity index is 2.55. The van der Waals surface area contributed by atoms with Gasteiger partial charge in [0, 0.05) is 22.5 Å². The summed E-state index contributed by atoms with van der Waals surface area (Å²) in [6.45, 7) is 1.89. The highest BCUT2D eigenvalue weighted by molar-refractivity contribution is 5.78. The lowest BCUT2D eigenvalue weighted by Gasteiger charge is -2.03. The van der Waals surface area contributed by atoms with Crippen LogP contribution >= 0.6 is 0 Å². The van der Waals surface area contributed by atoms with Gasteiger partial charge in [0.2, 0.25) is 0 Å². The van der Waals surface area contributed by atoms with Gasteiger partial charge in [-0.25, -0.2) is 0 Å². The highest BCUT2D eigenvalue weighted by Crippen LogP contribution is 2.29. The number of benzene rings is 1. The van der Waals surface area contributed by atoms with Gasteiger partial charge in [0.15, 0.2) is 0 Å². The molecule has 0 amide bonds. The van der Waals surface area contributed by atoms with E-state index in [0.29, 0.717) is 11.4 Å². The number of hydrogen-bond donors (Lipinski definition) is 2. The maximum Gasteiger partial charge on any atom is 0.101 e. The topological polar surface area (TPSA) is 65.2 Å². The molecular formula is C11H12N2O. The molecule has 3 heteroatoms. The number of aryl methyl sites for hydroxylation is 1. The first kappa shape index (κ1) is 8.69. The molecule has 1 aromatic carbocycles. The van der Waals surface area contributed by atoms with E-state index in [-0.39, 0.29) is 0 Å². The summed E-state index contributed by atoms with van der Waals surface area (Å²) >= 11 is 0. The highest BCUT2D eigenvalue weighted by atomic mass is 16.3. The molecule has 0 radical (unpaired) electrons. The Hall–Kier alpha value is -1.90. The zero-order chi connectivity index (χ0) is 10.1. The third-order valence-electron chi connectivity index (χ3n) is 2.12. The van der Waals surface area contributed by atoms with Crippen LogP contribution in [0.15, 0.2) is 34.9 Å². The first-order valence-electron chi connectivity index (χ1n) is 4.37. The molecule has 0 atom stereocenters. The average Bonchev–Trinajstić information content (AvgIpc) is 2.56. The van der Waals surface area contributed by atoms with E-state index in [4.69, 9.17) is 15.9 Å². The minimum Gasteiger partial charge on any atom is -0.469 e. The van der Waals surface area contributed by atoms with Gasteiger partial charge in [-0.3, -0.25) is 0 Å². The van der Waals surface area contributed by atoms with Crippen molar-refractivity contribution in [3.8, 4) is 11.1 Å². The molecule has 72 valence electrons. The monoisotopic (exact) mass is 188 g/mol.